The van der Waals surface area contributed by atoms with E-state index in [2.05, 4.69) is 58.0 Å². The fourth-order valence-corrected chi connectivity index (χ4v) is 3.16. The van der Waals surface area contributed by atoms with Gasteiger partial charge in [-0.15, -0.1) is 0 Å². The molecule has 0 aliphatic heterocycles. The third-order valence-corrected chi connectivity index (χ3v) is 4.99. The topological polar surface area (TPSA) is 29.5 Å². The summed E-state index contributed by atoms with van der Waals surface area (Å²) < 4.78 is 5.26. The molecule has 1 N–H and O–H groups in total. The second kappa shape index (κ2) is 6.64. The minimum atomic E-state index is 0.157. The van der Waals surface area contributed by atoms with Gasteiger partial charge in [-0.3, -0.25) is 0 Å². The van der Waals surface area contributed by atoms with Gasteiger partial charge in [0, 0.05) is 0 Å². The first-order valence-electron chi connectivity index (χ1n) is 8.47. The Morgan fingerprint density at radius 1 is 0.680 bits per heavy atom. The zero-order chi connectivity index (χ0) is 18.1. The molecule has 2 nitrogen and oxygen atoms in total. The Morgan fingerprint density at radius 3 is 1.96 bits per heavy atom. The summed E-state index contributed by atoms with van der Waals surface area (Å²) in [5, 5.41) is 9.85. The number of phenolic OH excluding ortho intramolecular Hbond substituents is 1. The van der Waals surface area contributed by atoms with E-state index in [9.17, 15) is 5.11 Å². The fraction of sp³-hybridized carbons (Fsp3) is 0.217. The van der Waals surface area contributed by atoms with Gasteiger partial charge in [-0.1, -0.05) is 30.3 Å². The second-order valence-electron chi connectivity index (χ2n) is 6.65. The lowest BCUT2D eigenvalue weighted by Gasteiger charge is -2.13. The van der Waals surface area contributed by atoms with E-state index in [1.807, 2.05) is 12.1 Å². The van der Waals surface area contributed by atoms with Gasteiger partial charge in [-0.25, -0.2) is 0 Å². The van der Waals surface area contributed by atoms with E-state index in [-0.39, 0.29) is 5.75 Å². The normalized spacial score (nSPS) is 10.8. The molecular formula is C23H24O2. The standard InChI is InChI=1S/C23H24O2/c1-14-6-7-18(20-10-15(2)17(4)16(3)11-20)12-21(14)19-8-9-22(24)23(13-19)25-5/h6-13,24H,1-5H3. The molecule has 0 aromatic heterocycles. The first-order chi connectivity index (χ1) is 11.9. The van der Waals surface area contributed by atoms with Crippen molar-refractivity contribution in [3.63, 3.8) is 0 Å². The molecule has 3 rings (SSSR count). The Kier molecular flexibility index (Phi) is 4.54. The Balaban J connectivity index is 2.13. The Labute approximate surface area is 149 Å². The molecule has 0 aliphatic carbocycles. The van der Waals surface area contributed by atoms with Crippen LogP contribution in [-0.4, -0.2) is 12.2 Å². The van der Waals surface area contributed by atoms with Gasteiger partial charge in [0.15, 0.2) is 11.5 Å². The average molecular weight is 332 g/mol. The number of aryl methyl sites for hydroxylation is 3. The molecule has 0 spiro atoms. The van der Waals surface area contributed by atoms with Crippen LogP contribution in [0.4, 0.5) is 0 Å². The number of hydrogen-bond acceptors (Lipinski definition) is 2. The first kappa shape index (κ1) is 17.1. The van der Waals surface area contributed by atoms with Crippen molar-refractivity contribution in [3.8, 4) is 33.8 Å². The van der Waals surface area contributed by atoms with Crippen molar-refractivity contribution in [1.29, 1.82) is 0 Å². The highest BCUT2D eigenvalue weighted by atomic mass is 16.5. The molecule has 0 saturated heterocycles. The molecule has 0 unspecified atom stereocenters. The average Bonchev–Trinajstić information content (AvgIpc) is 2.60. The highest BCUT2D eigenvalue weighted by Gasteiger charge is 2.10. The van der Waals surface area contributed by atoms with Crippen LogP contribution in [0.25, 0.3) is 22.3 Å². The van der Waals surface area contributed by atoms with Crippen molar-refractivity contribution >= 4 is 0 Å². The SMILES string of the molecule is COc1cc(-c2cc(-c3cc(C)c(C)c(C)c3)ccc2C)ccc1O. The molecular weight excluding hydrogens is 308 g/mol. The largest absolute Gasteiger partial charge is 0.504 e. The third-order valence-electron chi connectivity index (χ3n) is 4.99. The van der Waals surface area contributed by atoms with Gasteiger partial charge in [0.1, 0.15) is 0 Å². The number of benzene rings is 3. The zero-order valence-electron chi connectivity index (χ0n) is 15.5. The zero-order valence-corrected chi connectivity index (χ0v) is 15.5. The van der Waals surface area contributed by atoms with E-state index < -0.39 is 0 Å². The number of phenols is 1. The lowest BCUT2D eigenvalue weighted by molar-refractivity contribution is 0.373. The van der Waals surface area contributed by atoms with Crippen LogP contribution in [-0.2, 0) is 0 Å². The molecule has 128 valence electrons. The summed E-state index contributed by atoms with van der Waals surface area (Å²) in [7, 11) is 1.57. The highest BCUT2D eigenvalue weighted by molar-refractivity contribution is 5.77. The molecule has 2 heteroatoms. The van der Waals surface area contributed by atoms with Crippen LogP contribution >= 0.6 is 0 Å². The molecule has 0 radical (unpaired) electrons. The maximum Gasteiger partial charge on any atom is 0.161 e. The maximum atomic E-state index is 9.85. The monoisotopic (exact) mass is 332 g/mol. The van der Waals surface area contributed by atoms with Crippen LogP contribution in [0.2, 0.25) is 0 Å². The summed E-state index contributed by atoms with van der Waals surface area (Å²) in [6.45, 7) is 8.58. The molecule has 0 fully saturated rings. The van der Waals surface area contributed by atoms with Gasteiger partial charge in [0.05, 0.1) is 7.11 Å². The van der Waals surface area contributed by atoms with E-state index in [0.29, 0.717) is 5.75 Å². The number of aromatic hydroxyl groups is 1. The van der Waals surface area contributed by atoms with E-state index >= 15 is 0 Å². The molecule has 3 aromatic carbocycles. The quantitative estimate of drug-likeness (QED) is 0.640. The number of methoxy groups -OCH3 is 1. The minimum Gasteiger partial charge on any atom is -0.504 e. The van der Waals surface area contributed by atoms with E-state index in [4.69, 9.17) is 4.74 Å². The maximum absolute atomic E-state index is 9.85. The Bertz CT molecular complexity index is 916. The Hall–Kier alpha value is -2.74. The molecule has 0 atom stereocenters. The van der Waals surface area contributed by atoms with Crippen molar-refractivity contribution in [2.75, 3.05) is 7.11 Å². The van der Waals surface area contributed by atoms with Crippen LogP contribution in [0.15, 0.2) is 48.5 Å². The van der Waals surface area contributed by atoms with Crippen LogP contribution in [0, 0.1) is 27.7 Å². The van der Waals surface area contributed by atoms with E-state index in [0.717, 1.165) is 11.1 Å². The van der Waals surface area contributed by atoms with Crippen LogP contribution in [0.1, 0.15) is 22.3 Å². The lowest BCUT2D eigenvalue weighted by Crippen LogP contribution is -1.91. The van der Waals surface area contributed by atoms with Gasteiger partial charge in [-0.05, 0) is 90.4 Å². The molecule has 0 bridgehead atoms. The predicted molar refractivity (Wildman–Crippen MR) is 104 cm³/mol. The molecule has 0 amide bonds. The smallest absolute Gasteiger partial charge is 0.161 e. The summed E-state index contributed by atoms with van der Waals surface area (Å²) >= 11 is 0. The van der Waals surface area contributed by atoms with Crippen LogP contribution in [0.3, 0.4) is 0 Å². The predicted octanol–water partition coefficient (Wildman–Crippen LogP) is 5.97. The van der Waals surface area contributed by atoms with Gasteiger partial charge in [0.2, 0.25) is 0 Å². The molecule has 0 heterocycles. The fourth-order valence-electron chi connectivity index (χ4n) is 3.16. The number of hydrogen-bond donors (Lipinski definition) is 1. The van der Waals surface area contributed by atoms with Crippen molar-refractivity contribution in [1.82, 2.24) is 0 Å². The summed E-state index contributed by atoms with van der Waals surface area (Å²) in [5.41, 5.74) is 9.76. The van der Waals surface area contributed by atoms with Crippen molar-refractivity contribution in [2.24, 2.45) is 0 Å². The van der Waals surface area contributed by atoms with Crippen LogP contribution < -0.4 is 4.74 Å². The van der Waals surface area contributed by atoms with Gasteiger partial charge in [0.25, 0.3) is 0 Å². The second-order valence-corrected chi connectivity index (χ2v) is 6.65. The molecule has 3 aromatic rings. The van der Waals surface area contributed by atoms with E-state index in [1.165, 1.54) is 33.4 Å². The first-order valence-corrected chi connectivity index (χ1v) is 8.47. The summed E-state index contributed by atoms with van der Waals surface area (Å²) in [5.74, 6) is 0.647. The van der Waals surface area contributed by atoms with E-state index in [1.54, 1.807) is 13.2 Å². The highest BCUT2D eigenvalue weighted by Crippen LogP contribution is 2.35. The molecule has 0 saturated carbocycles. The van der Waals surface area contributed by atoms with Crippen molar-refractivity contribution in [2.45, 2.75) is 27.7 Å². The molecule has 25 heavy (non-hydrogen) atoms. The lowest BCUT2D eigenvalue weighted by atomic mass is 9.92. The Morgan fingerprint density at radius 2 is 1.32 bits per heavy atom. The number of rotatable bonds is 3. The summed E-state index contributed by atoms with van der Waals surface area (Å²) in [6, 6.07) is 16.5. The van der Waals surface area contributed by atoms with Crippen molar-refractivity contribution < 1.29 is 9.84 Å². The number of ether oxygens (including phenoxy) is 1. The summed E-state index contributed by atoms with van der Waals surface area (Å²) in [4.78, 5) is 0. The van der Waals surface area contributed by atoms with Gasteiger partial charge in [-0.2, -0.15) is 0 Å². The van der Waals surface area contributed by atoms with Gasteiger partial charge >= 0.3 is 0 Å². The van der Waals surface area contributed by atoms with Crippen LogP contribution in [0.5, 0.6) is 11.5 Å². The van der Waals surface area contributed by atoms with Crippen molar-refractivity contribution in [3.05, 3.63) is 70.8 Å². The minimum absolute atomic E-state index is 0.157. The summed E-state index contributed by atoms with van der Waals surface area (Å²) in [6.07, 6.45) is 0. The van der Waals surface area contributed by atoms with Gasteiger partial charge < -0.3 is 9.84 Å². The third kappa shape index (κ3) is 3.25. The molecule has 0 aliphatic rings.